The van der Waals surface area contributed by atoms with E-state index in [1.54, 1.807) is 0 Å². The molecule has 0 radical (unpaired) electrons. The second-order valence-corrected chi connectivity index (χ2v) is 8.02. The number of hydrogen-bond acceptors (Lipinski definition) is 3. The highest BCUT2D eigenvalue weighted by atomic mass is 32.2. The molecule has 0 aromatic heterocycles. The molecule has 2 fully saturated rings. The van der Waals surface area contributed by atoms with Crippen LogP contribution < -0.4 is 4.72 Å². The van der Waals surface area contributed by atoms with Crippen molar-refractivity contribution < 1.29 is 8.42 Å². The maximum atomic E-state index is 12.2. The van der Waals surface area contributed by atoms with Gasteiger partial charge >= 0.3 is 0 Å². The quantitative estimate of drug-likeness (QED) is 0.876. The Labute approximate surface area is 127 Å². The van der Waals surface area contributed by atoms with Crippen LogP contribution >= 0.6 is 0 Å². The third-order valence-corrected chi connectivity index (χ3v) is 5.75. The van der Waals surface area contributed by atoms with Crippen molar-refractivity contribution in [3.8, 4) is 0 Å². The summed E-state index contributed by atoms with van der Waals surface area (Å²) in [5.41, 5.74) is 0.840. The molecule has 4 nitrogen and oxygen atoms in total. The molecular weight excluding hydrogens is 284 g/mol. The number of benzene rings is 1. The molecule has 3 rings (SSSR count). The second kappa shape index (κ2) is 6.46. The maximum absolute atomic E-state index is 12.2. The molecule has 1 saturated heterocycles. The molecule has 0 unspecified atom stereocenters. The first-order valence-electron chi connectivity index (χ1n) is 7.91. The van der Waals surface area contributed by atoms with Crippen LogP contribution in [0.2, 0.25) is 0 Å². The molecule has 116 valence electrons. The number of likely N-dealkylation sites (tertiary alicyclic amines) is 1. The average molecular weight is 308 g/mol. The van der Waals surface area contributed by atoms with Gasteiger partial charge in [-0.2, -0.15) is 0 Å². The Morgan fingerprint density at radius 2 is 1.86 bits per heavy atom. The molecule has 1 aromatic rings. The van der Waals surface area contributed by atoms with Crippen molar-refractivity contribution in [2.45, 2.75) is 49.9 Å². The summed E-state index contributed by atoms with van der Waals surface area (Å²) < 4.78 is 27.2. The minimum atomic E-state index is -3.24. The van der Waals surface area contributed by atoms with Gasteiger partial charge in [0, 0.05) is 18.6 Å². The zero-order valence-electron chi connectivity index (χ0n) is 12.4. The smallest absolute Gasteiger partial charge is 0.215 e. The van der Waals surface area contributed by atoms with Crippen LogP contribution in [0.3, 0.4) is 0 Å². The molecule has 0 amide bonds. The number of sulfonamides is 1. The fraction of sp³-hybridized carbons (Fsp3) is 0.625. The van der Waals surface area contributed by atoms with Gasteiger partial charge in [-0.25, -0.2) is 13.1 Å². The predicted octanol–water partition coefficient (Wildman–Crippen LogP) is 2.12. The Hall–Kier alpha value is -0.910. The van der Waals surface area contributed by atoms with E-state index in [0.29, 0.717) is 18.6 Å². The van der Waals surface area contributed by atoms with E-state index in [0.717, 1.165) is 18.5 Å². The van der Waals surface area contributed by atoms with E-state index in [9.17, 15) is 8.42 Å². The Morgan fingerprint density at radius 1 is 1.10 bits per heavy atom. The molecule has 1 N–H and O–H groups in total. The van der Waals surface area contributed by atoms with E-state index in [4.69, 9.17) is 0 Å². The summed E-state index contributed by atoms with van der Waals surface area (Å²) >= 11 is 0. The molecule has 1 aromatic carbocycles. The summed E-state index contributed by atoms with van der Waals surface area (Å²) in [6, 6.07) is 10.5. The van der Waals surface area contributed by atoms with E-state index in [1.807, 2.05) is 30.3 Å². The summed E-state index contributed by atoms with van der Waals surface area (Å²) in [4.78, 5) is 2.52. The Balaban J connectivity index is 1.55. The molecule has 2 aliphatic rings. The molecular formula is C16H24N2O2S. The summed E-state index contributed by atoms with van der Waals surface area (Å²) in [6.07, 6.45) is 6.16. The molecule has 1 atom stereocenters. The van der Waals surface area contributed by atoms with Crippen molar-refractivity contribution in [1.29, 1.82) is 0 Å². The van der Waals surface area contributed by atoms with Gasteiger partial charge in [-0.1, -0.05) is 36.8 Å². The lowest BCUT2D eigenvalue weighted by Gasteiger charge is -2.35. The fourth-order valence-corrected chi connectivity index (χ4v) is 4.38. The minimum absolute atomic E-state index is 0.0734. The van der Waals surface area contributed by atoms with Gasteiger partial charge in [-0.3, -0.25) is 4.90 Å². The molecule has 5 heteroatoms. The van der Waals surface area contributed by atoms with Crippen LogP contribution in [0.15, 0.2) is 30.3 Å². The normalized spacial score (nSPS) is 24.1. The van der Waals surface area contributed by atoms with Crippen molar-refractivity contribution >= 4 is 10.0 Å². The van der Waals surface area contributed by atoms with Crippen LogP contribution in [-0.2, 0) is 15.8 Å². The first-order chi connectivity index (χ1) is 10.1. The SMILES string of the molecule is O=S(=O)(Cc1ccccc1)NC[C@@H]1CCCCN1C1CC1. The zero-order chi connectivity index (χ0) is 14.7. The van der Waals surface area contributed by atoms with Gasteiger partial charge in [0.2, 0.25) is 10.0 Å². The first-order valence-corrected chi connectivity index (χ1v) is 9.56. The van der Waals surface area contributed by atoms with Gasteiger partial charge < -0.3 is 0 Å². The molecule has 1 heterocycles. The highest BCUT2D eigenvalue weighted by Gasteiger charge is 2.35. The first kappa shape index (κ1) is 15.0. The number of piperidine rings is 1. The summed E-state index contributed by atoms with van der Waals surface area (Å²) in [6.45, 7) is 1.70. The largest absolute Gasteiger partial charge is 0.296 e. The third kappa shape index (κ3) is 4.28. The van der Waals surface area contributed by atoms with Crippen LogP contribution in [0.5, 0.6) is 0 Å². The lowest BCUT2D eigenvalue weighted by Crippen LogP contribution is -2.47. The Morgan fingerprint density at radius 3 is 2.57 bits per heavy atom. The number of nitrogens with one attached hydrogen (secondary N) is 1. The Bertz CT molecular complexity index is 555. The third-order valence-electron chi connectivity index (χ3n) is 4.43. The van der Waals surface area contributed by atoms with E-state index >= 15 is 0 Å². The summed E-state index contributed by atoms with van der Waals surface area (Å²) in [5.74, 6) is 0.0734. The van der Waals surface area contributed by atoms with Crippen LogP contribution in [0, 0.1) is 0 Å². The Kier molecular flexibility index (Phi) is 4.62. The van der Waals surface area contributed by atoms with Crippen LogP contribution in [-0.4, -0.2) is 38.5 Å². The zero-order valence-corrected chi connectivity index (χ0v) is 13.2. The molecule has 0 bridgehead atoms. The topological polar surface area (TPSA) is 49.4 Å². The molecule has 1 saturated carbocycles. The molecule has 1 aliphatic heterocycles. The maximum Gasteiger partial charge on any atom is 0.215 e. The lowest BCUT2D eigenvalue weighted by molar-refractivity contribution is 0.141. The van der Waals surface area contributed by atoms with Gasteiger partial charge in [0.05, 0.1) is 5.75 Å². The molecule has 1 aliphatic carbocycles. The predicted molar refractivity (Wildman–Crippen MR) is 84.4 cm³/mol. The number of hydrogen-bond donors (Lipinski definition) is 1. The van der Waals surface area contributed by atoms with Crippen molar-refractivity contribution in [2.75, 3.05) is 13.1 Å². The highest BCUT2D eigenvalue weighted by Crippen LogP contribution is 2.32. The van der Waals surface area contributed by atoms with E-state index < -0.39 is 10.0 Å². The van der Waals surface area contributed by atoms with E-state index in [1.165, 1.54) is 25.7 Å². The van der Waals surface area contributed by atoms with Crippen molar-refractivity contribution in [1.82, 2.24) is 9.62 Å². The average Bonchev–Trinajstić information content (AvgIpc) is 3.31. The van der Waals surface area contributed by atoms with Gasteiger partial charge in [0.15, 0.2) is 0 Å². The van der Waals surface area contributed by atoms with E-state index in [-0.39, 0.29) is 5.75 Å². The second-order valence-electron chi connectivity index (χ2n) is 6.21. The van der Waals surface area contributed by atoms with Crippen molar-refractivity contribution in [3.63, 3.8) is 0 Å². The van der Waals surface area contributed by atoms with Crippen LogP contribution in [0.25, 0.3) is 0 Å². The minimum Gasteiger partial charge on any atom is -0.296 e. The van der Waals surface area contributed by atoms with E-state index in [2.05, 4.69) is 9.62 Å². The molecule has 21 heavy (non-hydrogen) atoms. The number of rotatable bonds is 6. The van der Waals surface area contributed by atoms with Crippen LogP contribution in [0.4, 0.5) is 0 Å². The summed E-state index contributed by atoms with van der Waals surface area (Å²) in [7, 11) is -3.24. The fourth-order valence-electron chi connectivity index (χ4n) is 3.20. The van der Waals surface area contributed by atoms with Gasteiger partial charge in [-0.05, 0) is 37.8 Å². The van der Waals surface area contributed by atoms with Gasteiger partial charge in [0.1, 0.15) is 0 Å². The number of nitrogens with zero attached hydrogens (tertiary/aromatic N) is 1. The highest BCUT2D eigenvalue weighted by molar-refractivity contribution is 7.88. The monoisotopic (exact) mass is 308 g/mol. The van der Waals surface area contributed by atoms with Crippen molar-refractivity contribution in [3.05, 3.63) is 35.9 Å². The lowest BCUT2D eigenvalue weighted by atomic mass is 10.0. The van der Waals surface area contributed by atoms with Crippen molar-refractivity contribution in [2.24, 2.45) is 0 Å². The molecule has 0 spiro atoms. The summed E-state index contributed by atoms with van der Waals surface area (Å²) in [5, 5.41) is 0. The standard InChI is InChI=1S/C16H24N2O2S/c19-21(20,13-14-6-2-1-3-7-14)17-12-16-8-4-5-11-18(16)15-9-10-15/h1-3,6-7,15-17H,4-5,8-13H2/t16-/m0/s1. The van der Waals surface area contributed by atoms with Crippen LogP contribution in [0.1, 0.15) is 37.7 Å². The van der Waals surface area contributed by atoms with Gasteiger partial charge in [-0.15, -0.1) is 0 Å². The van der Waals surface area contributed by atoms with Gasteiger partial charge in [0.25, 0.3) is 0 Å².